The predicted molar refractivity (Wildman–Crippen MR) is 77.0 cm³/mol. The van der Waals surface area contributed by atoms with Gasteiger partial charge in [-0.05, 0) is 41.6 Å². The number of benzene rings is 1. The molecule has 0 bridgehead atoms. The van der Waals surface area contributed by atoms with Crippen LogP contribution in [0.15, 0.2) is 30.5 Å². The average molecular weight is 358 g/mol. The Labute approximate surface area is 117 Å². The van der Waals surface area contributed by atoms with Crippen molar-refractivity contribution in [1.82, 2.24) is 9.78 Å². The molecule has 0 spiro atoms. The van der Waals surface area contributed by atoms with Gasteiger partial charge in [0.05, 0.1) is 8.49 Å². The highest BCUT2D eigenvalue weighted by Crippen LogP contribution is 2.25. The van der Waals surface area contributed by atoms with E-state index in [1.165, 1.54) is 6.07 Å². The Bertz CT molecular complexity index is 582. The molecule has 1 N–H and O–H groups in total. The summed E-state index contributed by atoms with van der Waals surface area (Å²) in [5.41, 5.74) is 0.895. The fourth-order valence-corrected chi connectivity index (χ4v) is 2.20. The first-order valence-corrected chi connectivity index (χ1v) is 6.42. The fraction of sp³-hybridized carbons (Fsp3) is 0.182. The van der Waals surface area contributed by atoms with Crippen LogP contribution in [-0.4, -0.2) is 14.7 Å². The van der Waals surface area contributed by atoms with Crippen LogP contribution in [-0.2, 0) is 6.54 Å². The summed E-state index contributed by atoms with van der Waals surface area (Å²) < 4.78 is 2.40. The van der Waals surface area contributed by atoms with E-state index in [0.29, 0.717) is 3.57 Å². The second-order valence-corrected chi connectivity index (χ2v) is 4.77. The Morgan fingerprint density at radius 1 is 1.50 bits per heavy atom. The van der Waals surface area contributed by atoms with Crippen LogP contribution in [0.2, 0.25) is 0 Å². The molecular formula is C11H11IN4O2. The molecule has 2 rings (SSSR count). The van der Waals surface area contributed by atoms with Crippen LogP contribution in [0.3, 0.4) is 0 Å². The van der Waals surface area contributed by atoms with Gasteiger partial charge in [0, 0.05) is 30.6 Å². The van der Waals surface area contributed by atoms with Gasteiger partial charge in [0.25, 0.3) is 5.69 Å². The van der Waals surface area contributed by atoms with E-state index >= 15 is 0 Å². The number of rotatable bonds is 4. The Kier molecular flexibility index (Phi) is 3.80. The molecule has 0 atom stereocenters. The molecule has 6 nitrogen and oxygen atoms in total. The molecule has 0 saturated heterocycles. The molecule has 0 saturated carbocycles. The van der Waals surface area contributed by atoms with Gasteiger partial charge >= 0.3 is 0 Å². The van der Waals surface area contributed by atoms with Gasteiger partial charge in [-0.25, -0.2) is 0 Å². The van der Waals surface area contributed by atoms with Gasteiger partial charge in [0.1, 0.15) is 0 Å². The maximum Gasteiger partial charge on any atom is 0.282 e. The van der Waals surface area contributed by atoms with Gasteiger partial charge in [-0.1, -0.05) is 0 Å². The minimum atomic E-state index is -0.392. The van der Waals surface area contributed by atoms with Crippen LogP contribution in [0.5, 0.6) is 0 Å². The molecule has 94 valence electrons. The molecule has 18 heavy (non-hydrogen) atoms. The number of anilines is 2. The second-order valence-electron chi connectivity index (χ2n) is 3.60. The zero-order chi connectivity index (χ0) is 13.1. The van der Waals surface area contributed by atoms with Crippen LogP contribution in [0, 0.1) is 13.7 Å². The molecule has 0 unspecified atom stereocenters. The van der Waals surface area contributed by atoms with Gasteiger partial charge in [-0.3, -0.25) is 14.8 Å². The van der Waals surface area contributed by atoms with E-state index in [9.17, 15) is 10.1 Å². The van der Waals surface area contributed by atoms with E-state index in [4.69, 9.17) is 0 Å². The first kappa shape index (κ1) is 12.8. The normalized spacial score (nSPS) is 10.3. The Balaban J connectivity index is 2.19. The number of hydrogen-bond donors (Lipinski definition) is 1. The van der Waals surface area contributed by atoms with Crippen molar-refractivity contribution >= 4 is 39.8 Å². The Morgan fingerprint density at radius 3 is 2.83 bits per heavy atom. The minimum Gasteiger partial charge on any atom is -0.339 e. The lowest BCUT2D eigenvalue weighted by Crippen LogP contribution is -1.98. The maximum atomic E-state index is 10.7. The molecule has 7 heteroatoms. The summed E-state index contributed by atoms with van der Waals surface area (Å²) >= 11 is 1.95. The number of nitrogens with one attached hydrogen (secondary N) is 1. The van der Waals surface area contributed by atoms with Crippen molar-refractivity contribution in [3.05, 3.63) is 44.1 Å². The summed E-state index contributed by atoms with van der Waals surface area (Å²) in [7, 11) is 0. The Morgan fingerprint density at radius 2 is 2.28 bits per heavy atom. The number of halogens is 1. The van der Waals surface area contributed by atoms with E-state index in [1.807, 2.05) is 41.8 Å². The van der Waals surface area contributed by atoms with Crippen molar-refractivity contribution in [2.24, 2.45) is 0 Å². The number of nitrogens with zero attached hydrogens (tertiary/aromatic N) is 3. The van der Waals surface area contributed by atoms with Crippen LogP contribution in [0.25, 0.3) is 0 Å². The summed E-state index contributed by atoms with van der Waals surface area (Å²) in [4.78, 5) is 10.3. The Hall–Kier alpha value is -1.64. The van der Waals surface area contributed by atoms with Crippen LogP contribution >= 0.6 is 22.6 Å². The predicted octanol–water partition coefficient (Wildman–Crippen LogP) is 3.16. The highest BCUT2D eigenvalue weighted by molar-refractivity contribution is 14.1. The molecule has 0 aliphatic carbocycles. The molecule has 0 radical (unpaired) electrons. The number of hydrogen-bond acceptors (Lipinski definition) is 4. The van der Waals surface area contributed by atoms with Crippen molar-refractivity contribution in [1.29, 1.82) is 0 Å². The summed E-state index contributed by atoms with van der Waals surface area (Å²) in [5.74, 6) is 0.724. The minimum absolute atomic E-state index is 0.111. The van der Waals surface area contributed by atoms with Gasteiger partial charge in [-0.2, -0.15) is 5.10 Å². The van der Waals surface area contributed by atoms with Crippen LogP contribution < -0.4 is 5.32 Å². The summed E-state index contributed by atoms with van der Waals surface area (Å²) in [5, 5.41) is 18.1. The van der Waals surface area contributed by atoms with Gasteiger partial charge in [-0.15, -0.1) is 0 Å². The number of aryl methyl sites for hydroxylation is 1. The highest BCUT2D eigenvalue weighted by Gasteiger charge is 2.11. The van der Waals surface area contributed by atoms with E-state index < -0.39 is 4.92 Å². The van der Waals surface area contributed by atoms with E-state index in [2.05, 4.69) is 10.4 Å². The molecule has 0 fully saturated rings. The monoisotopic (exact) mass is 358 g/mol. The molecular weight excluding hydrogens is 347 g/mol. The molecule has 0 aliphatic rings. The number of nitro groups is 1. The third-order valence-corrected chi connectivity index (χ3v) is 3.25. The lowest BCUT2D eigenvalue weighted by molar-refractivity contribution is -0.385. The summed E-state index contributed by atoms with van der Waals surface area (Å²) in [6.07, 6.45) is 1.87. The topological polar surface area (TPSA) is 73.0 Å². The van der Waals surface area contributed by atoms with Gasteiger partial charge in [0.15, 0.2) is 5.82 Å². The zero-order valence-corrected chi connectivity index (χ0v) is 11.8. The molecule has 0 amide bonds. The number of nitro benzene ring substituents is 1. The maximum absolute atomic E-state index is 10.7. The molecule has 2 aromatic rings. The fourth-order valence-electron chi connectivity index (χ4n) is 1.49. The zero-order valence-electron chi connectivity index (χ0n) is 9.63. The first-order chi connectivity index (χ1) is 8.60. The quantitative estimate of drug-likeness (QED) is 0.518. The van der Waals surface area contributed by atoms with Crippen LogP contribution in [0.4, 0.5) is 17.2 Å². The largest absolute Gasteiger partial charge is 0.339 e. The van der Waals surface area contributed by atoms with E-state index in [1.54, 1.807) is 16.8 Å². The van der Waals surface area contributed by atoms with E-state index in [0.717, 1.165) is 18.1 Å². The molecule has 1 aromatic carbocycles. The average Bonchev–Trinajstić information content (AvgIpc) is 2.76. The molecule has 1 aromatic heterocycles. The highest BCUT2D eigenvalue weighted by atomic mass is 127. The van der Waals surface area contributed by atoms with Crippen molar-refractivity contribution < 1.29 is 4.92 Å². The van der Waals surface area contributed by atoms with Crippen molar-refractivity contribution in [3.8, 4) is 0 Å². The molecule has 0 aliphatic heterocycles. The summed E-state index contributed by atoms with van der Waals surface area (Å²) in [6, 6.07) is 6.74. The van der Waals surface area contributed by atoms with Gasteiger partial charge < -0.3 is 5.32 Å². The first-order valence-electron chi connectivity index (χ1n) is 5.34. The van der Waals surface area contributed by atoms with Crippen LogP contribution in [0.1, 0.15) is 6.92 Å². The standard InChI is InChI=1S/C11H11IN4O2/c1-2-15-6-5-11(14-15)13-8-3-4-10(16(17)18)9(12)7-8/h3-7H,2H2,1H3,(H,13,14). The van der Waals surface area contributed by atoms with Crippen molar-refractivity contribution in [2.75, 3.05) is 5.32 Å². The second kappa shape index (κ2) is 5.34. The van der Waals surface area contributed by atoms with E-state index in [-0.39, 0.29) is 5.69 Å². The van der Waals surface area contributed by atoms with Crippen molar-refractivity contribution in [3.63, 3.8) is 0 Å². The molecule has 1 heterocycles. The smallest absolute Gasteiger partial charge is 0.282 e. The van der Waals surface area contributed by atoms with Crippen molar-refractivity contribution in [2.45, 2.75) is 13.5 Å². The lowest BCUT2D eigenvalue weighted by Gasteiger charge is -2.03. The van der Waals surface area contributed by atoms with Gasteiger partial charge in [0.2, 0.25) is 0 Å². The number of aromatic nitrogens is 2. The lowest BCUT2D eigenvalue weighted by atomic mass is 10.3. The summed E-state index contributed by atoms with van der Waals surface area (Å²) in [6.45, 7) is 2.81. The third kappa shape index (κ3) is 2.78. The SMILES string of the molecule is CCn1ccc(Nc2ccc([N+](=O)[O-])c(I)c2)n1. The third-order valence-electron chi connectivity index (χ3n) is 2.38.